The van der Waals surface area contributed by atoms with Crippen LogP contribution in [0.25, 0.3) is 0 Å². The molecule has 1 atom stereocenters. The van der Waals surface area contributed by atoms with Crippen molar-refractivity contribution in [2.45, 2.75) is 26.6 Å². The minimum Gasteiger partial charge on any atom is -0.417 e. The van der Waals surface area contributed by atoms with E-state index in [4.69, 9.17) is 4.43 Å². The van der Waals surface area contributed by atoms with Crippen LogP contribution in [0.2, 0.25) is 19.6 Å². The van der Waals surface area contributed by atoms with E-state index in [9.17, 15) is 0 Å². The number of halogens is 1. The molecule has 62 valence electrons. The minimum absolute atomic E-state index is 0.645. The molecule has 0 aliphatic rings. The second-order valence-electron chi connectivity index (χ2n) is 3.68. The van der Waals surface area contributed by atoms with Gasteiger partial charge in [-0.3, -0.25) is 0 Å². The van der Waals surface area contributed by atoms with Gasteiger partial charge in [0, 0.05) is 11.9 Å². The summed E-state index contributed by atoms with van der Waals surface area (Å²) >= 11 is 3.42. The third-order valence-corrected chi connectivity index (χ3v) is 3.20. The summed E-state index contributed by atoms with van der Waals surface area (Å²) in [6.07, 6.45) is 0. The Morgan fingerprint density at radius 1 is 1.40 bits per heavy atom. The van der Waals surface area contributed by atoms with E-state index in [2.05, 4.69) is 42.5 Å². The van der Waals surface area contributed by atoms with E-state index < -0.39 is 8.32 Å². The van der Waals surface area contributed by atoms with Crippen molar-refractivity contribution >= 4 is 24.2 Å². The smallest absolute Gasteiger partial charge is 0.183 e. The van der Waals surface area contributed by atoms with Crippen molar-refractivity contribution < 1.29 is 4.43 Å². The van der Waals surface area contributed by atoms with Gasteiger partial charge in [0.1, 0.15) is 0 Å². The molecule has 0 aromatic rings. The Kier molecular flexibility index (Phi) is 4.81. The second kappa shape index (κ2) is 4.52. The summed E-state index contributed by atoms with van der Waals surface area (Å²) in [5.41, 5.74) is 0. The Morgan fingerprint density at radius 3 is 2.20 bits per heavy atom. The van der Waals surface area contributed by atoms with Crippen LogP contribution in [0.5, 0.6) is 0 Å². The number of alkyl halides is 1. The highest BCUT2D eigenvalue weighted by atomic mass is 79.9. The van der Waals surface area contributed by atoms with Gasteiger partial charge in [-0.2, -0.15) is 0 Å². The molecule has 0 rings (SSSR count). The maximum atomic E-state index is 5.69. The average molecular weight is 225 g/mol. The summed E-state index contributed by atoms with van der Waals surface area (Å²) < 4.78 is 5.69. The van der Waals surface area contributed by atoms with Crippen LogP contribution in [-0.2, 0) is 4.43 Å². The van der Waals surface area contributed by atoms with Crippen LogP contribution in [0.4, 0.5) is 0 Å². The SMILES string of the molecule is C[C@H](CBr)CO[Si](C)(C)C. The van der Waals surface area contributed by atoms with E-state index in [0.717, 1.165) is 11.9 Å². The molecule has 0 saturated heterocycles. The predicted molar refractivity (Wildman–Crippen MR) is 52.3 cm³/mol. The highest BCUT2D eigenvalue weighted by Gasteiger charge is 2.14. The van der Waals surface area contributed by atoms with Crippen molar-refractivity contribution in [3.63, 3.8) is 0 Å². The number of hydrogen-bond donors (Lipinski definition) is 0. The molecule has 0 spiro atoms. The molecule has 1 nitrogen and oxygen atoms in total. The third-order valence-electron chi connectivity index (χ3n) is 1.06. The van der Waals surface area contributed by atoms with Crippen LogP contribution in [0.3, 0.4) is 0 Å². The topological polar surface area (TPSA) is 9.23 Å². The first-order valence-electron chi connectivity index (χ1n) is 3.65. The average Bonchev–Trinajstić information content (AvgIpc) is 1.81. The minimum atomic E-state index is -1.26. The fourth-order valence-electron chi connectivity index (χ4n) is 0.437. The highest BCUT2D eigenvalue weighted by Crippen LogP contribution is 2.07. The lowest BCUT2D eigenvalue weighted by molar-refractivity contribution is 0.268. The quantitative estimate of drug-likeness (QED) is 0.528. The summed E-state index contributed by atoms with van der Waals surface area (Å²) in [6, 6.07) is 0. The molecule has 0 bridgehead atoms. The Labute approximate surface area is 73.4 Å². The Bertz CT molecular complexity index is 90.1. The van der Waals surface area contributed by atoms with E-state index in [1.807, 2.05) is 0 Å². The summed E-state index contributed by atoms with van der Waals surface area (Å²) in [5.74, 6) is 0.645. The van der Waals surface area contributed by atoms with Crippen LogP contribution in [-0.4, -0.2) is 20.3 Å². The van der Waals surface area contributed by atoms with Crippen LogP contribution in [0.15, 0.2) is 0 Å². The molecule has 0 saturated carbocycles. The van der Waals surface area contributed by atoms with Crippen LogP contribution >= 0.6 is 15.9 Å². The normalized spacial score (nSPS) is 15.3. The summed E-state index contributed by atoms with van der Waals surface area (Å²) in [7, 11) is -1.26. The van der Waals surface area contributed by atoms with Crippen LogP contribution < -0.4 is 0 Å². The number of rotatable bonds is 4. The van der Waals surface area contributed by atoms with Crippen molar-refractivity contribution in [1.82, 2.24) is 0 Å². The summed E-state index contributed by atoms with van der Waals surface area (Å²) in [4.78, 5) is 0. The maximum Gasteiger partial charge on any atom is 0.183 e. The first kappa shape index (κ1) is 10.7. The van der Waals surface area contributed by atoms with Gasteiger partial charge < -0.3 is 4.43 Å². The van der Waals surface area contributed by atoms with Gasteiger partial charge in [-0.25, -0.2) is 0 Å². The zero-order chi connectivity index (χ0) is 8.20. The van der Waals surface area contributed by atoms with Gasteiger partial charge >= 0.3 is 0 Å². The lowest BCUT2D eigenvalue weighted by Gasteiger charge is -2.19. The van der Waals surface area contributed by atoms with Gasteiger partial charge in [0.25, 0.3) is 0 Å². The van der Waals surface area contributed by atoms with E-state index in [0.29, 0.717) is 5.92 Å². The van der Waals surface area contributed by atoms with Gasteiger partial charge in [-0.1, -0.05) is 22.9 Å². The molecule has 0 aliphatic carbocycles. The van der Waals surface area contributed by atoms with Crippen LogP contribution in [0.1, 0.15) is 6.92 Å². The van der Waals surface area contributed by atoms with Gasteiger partial charge in [-0.05, 0) is 25.6 Å². The largest absolute Gasteiger partial charge is 0.417 e. The van der Waals surface area contributed by atoms with Gasteiger partial charge in [0.05, 0.1) is 0 Å². The molecule has 0 fully saturated rings. The first-order chi connectivity index (χ1) is 4.45. The molecule has 0 aliphatic heterocycles. The molecule has 10 heavy (non-hydrogen) atoms. The van der Waals surface area contributed by atoms with Crippen LogP contribution in [0, 0.1) is 5.92 Å². The monoisotopic (exact) mass is 224 g/mol. The Balaban J connectivity index is 3.36. The second-order valence-corrected chi connectivity index (χ2v) is 8.84. The molecule has 0 amide bonds. The predicted octanol–water partition coefficient (Wildman–Crippen LogP) is 2.87. The lowest BCUT2D eigenvalue weighted by Crippen LogP contribution is -2.28. The highest BCUT2D eigenvalue weighted by molar-refractivity contribution is 9.09. The van der Waals surface area contributed by atoms with Crippen molar-refractivity contribution in [1.29, 1.82) is 0 Å². The van der Waals surface area contributed by atoms with Crippen molar-refractivity contribution in [2.75, 3.05) is 11.9 Å². The zero-order valence-corrected chi connectivity index (χ0v) is 9.86. The zero-order valence-electron chi connectivity index (χ0n) is 7.28. The first-order valence-corrected chi connectivity index (χ1v) is 8.18. The van der Waals surface area contributed by atoms with Crippen molar-refractivity contribution in [3.05, 3.63) is 0 Å². The van der Waals surface area contributed by atoms with E-state index in [1.165, 1.54) is 0 Å². The maximum absolute atomic E-state index is 5.69. The molecule has 0 radical (unpaired) electrons. The third kappa shape index (κ3) is 6.77. The molecule has 0 heterocycles. The molecule has 3 heteroatoms. The molecule has 0 unspecified atom stereocenters. The Morgan fingerprint density at radius 2 is 1.90 bits per heavy atom. The fraction of sp³-hybridized carbons (Fsp3) is 1.00. The van der Waals surface area contributed by atoms with Gasteiger partial charge in [0.2, 0.25) is 0 Å². The number of hydrogen-bond acceptors (Lipinski definition) is 1. The van der Waals surface area contributed by atoms with Gasteiger partial charge in [-0.15, -0.1) is 0 Å². The fourth-order valence-corrected chi connectivity index (χ4v) is 1.41. The van der Waals surface area contributed by atoms with Gasteiger partial charge in [0.15, 0.2) is 8.32 Å². The Hall–Kier alpha value is 0.657. The van der Waals surface area contributed by atoms with Crippen molar-refractivity contribution in [2.24, 2.45) is 5.92 Å². The van der Waals surface area contributed by atoms with Crippen molar-refractivity contribution in [3.8, 4) is 0 Å². The standard InChI is InChI=1S/C7H17BrOSi/c1-7(5-8)6-9-10(2,3)4/h7H,5-6H2,1-4H3/t7-/m1/s1. The molecular formula is C7H17BrOSi. The van der Waals surface area contributed by atoms with E-state index in [-0.39, 0.29) is 0 Å². The van der Waals surface area contributed by atoms with E-state index >= 15 is 0 Å². The molecule has 0 aromatic carbocycles. The molecule has 0 N–H and O–H groups in total. The molecular weight excluding hydrogens is 208 g/mol. The molecule has 0 aromatic heterocycles. The summed E-state index contributed by atoms with van der Waals surface area (Å²) in [5, 5.41) is 1.04. The van der Waals surface area contributed by atoms with E-state index in [1.54, 1.807) is 0 Å². The summed E-state index contributed by atoms with van der Waals surface area (Å²) in [6.45, 7) is 9.74. The lowest BCUT2D eigenvalue weighted by atomic mass is 10.2.